The highest BCUT2D eigenvalue weighted by molar-refractivity contribution is 6.42. The van der Waals surface area contributed by atoms with Gasteiger partial charge in [0.15, 0.2) is 11.5 Å². The number of para-hydroxylation sites is 1. The first-order valence-electron chi connectivity index (χ1n) is 8.58. The van der Waals surface area contributed by atoms with Crippen molar-refractivity contribution in [3.63, 3.8) is 0 Å². The van der Waals surface area contributed by atoms with E-state index in [9.17, 15) is 9.59 Å². The van der Waals surface area contributed by atoms with E-state index < -0.39 is 5.91 Å². The highest BCUT2D eigenvalue weighted by Gasteiger charge is 2.17. The third-order valence-electron chi connectivity index (χ3n) is 4.23. The van der Waals surface area contributed by atoms with Crippen LogP contribution in [0.3, 0.4) is 0 Å². The Morgan fingerprint density at radius 2 is 1.59 bits per heavy atom. The van der Waals surface area contributed by atoms with Crippen molar-refractivity contribution in [3.05, 3.63) is 81.8 Å². The molecule has 29 heavy (non-hydrogen) atoms. The van der Waals surface area contributed by atoms with Gasteiger partial charge in [0.2, 0.25) is 6.79 Å². The predicted molar refractivity (Wildman–Crippen MR) is 111 cm³/mol. The van der Waals surface area contributed by atoms with Crippen LogP contribution in [0.5, 0.6) is 11.5 Å². The fourth-order valence-corrected chi connectivity index (χ4v) is 3.09. The highest BCUT2D eigenvalue weighted by Crippen LogP contribution is 2.34. The molecule has 0 atom stereocenters. The van der Waals surface area contributed by atoms with Gasteiger partial charge < -0.3 is 20.1 Å². The summed E-state index contributed by atoms with van der Waals surface area (Å²) in [5.41, 5.74) is 1.54. The van der Waals surface area contributed by atoms with Crippen LogP contribution in [0.4, 0.5) is 11.4 Å². The maximum absolute atomic E-state index is 12.8. The van der Waals surface area contributed by atoms with E-state index in [-0.39, 0.29) is 17.7 Å². The van der Waals surface area contributed by atoms with Crippen molar-refractivity contribution in [2.75, 3.05) is 17.4 Å². The normalized spacial score (nSPS) is 11.8. The number of fused-ring (bicyclic) bond motifs is 1. The predicted octanol–water partition coefficient (Wildman–Crippen LogP) is 5.23. The number of ether oxygens (including phenoxy) is 2. The molecular weight excluding hydrogens is 415 g/mol. The summed E-state index contributed by atoms with van der Waals surface area (Å²) >= 11 is 11.9. The zero-order valence-corrected chi connectivity index (χ0v) is 16.4. The van der Waals surface area contributed by atoms with Crippen LogP contribution in [0.2, 0.25) is 10.0 Å². The van der Waals surface area contributed by atoms with Gasteiger partial charge in [0, 0.05) is 17.3 Å². The lowest BCUT2D eigenvalue weighted by Crippen LogP contribution is -2.18. The van der Waals surface area contributed by atoms with Crippen molar-refractivity contribution in [3.8, 4) is 11.5 Å². The van der Waals surface area contributed by atoms with E-state index in [4.69, 9.17) is 32.7 Å². The lowest BCUT2D eigenvalue weighted by molar-refractivity contribution is 0.102. The van der Waals surface area contributed by atoms with Gasteiger partial charge >= 0.3 is 0 Å². The minimum atomic E-state index is -0.410. The average Bonchev–Trinajstić information content (AvgIpc) is 3.18. The first-order valence-corrected chi connectivity index (χ1v) is 9.33. The number of hydrogen-bond acceptors (Lipinski definition) is 4. The lowest BCUT2D eigenvalue weighted by Gasteiger charge is -2.12. The van der Waals surface area contributed by atoms with Crippen LogP contribution < -0.4 is 20.1 Å². The quantitative estimate of drug-likeness (QED) is 0.596. The van der Waals surface area contributed by atoms with Gasteiger partial charge in [-0.25, -0.2) is 0 Å². The molecule has 0 aliphatic carbocycles. The van der Waals surface area contributed by atoms with E-state index in [1.807, 2.05) is 0 Å². The molecule has 1 aliphatic heterocycles. The van der Waals surface area contributed by atoms with Crippen molar-refractivity contribution in [1.29, 1.82) is 0 Å². The molecular formula is C21H14Cl2N2O4. The first-order chi connectivity index (χ1) is 14.0. The van der Waals surface area contributed by atoms with E-state index in [1.165, 1.54) is 12.1 Å². The minimum Gasteiger partial charge on any atom is -0.454 e. The highest BCUT2D eigenvalue weighted by atomic mass is 35.5. The number of carbonyl (C=O) groups excluding carboxylic acids is 2. The number of hydrogen-bond donors (Lipinski definition) is 2. The van der Waals surface area contributed by atoms with Gasteiger partial charge in [-0.2, -0.15) is 0 Å². The van der Waals surface area contributed by atoms with Crippen LogP contribution in [0.1, 0.15) is 20.7 Å². The second kappa shape index (κ2) is 8.03. The topological polar surface area (TPSA) is 76.7 Å². The monoisotopic (exact) mass is 428 g/mol. The Labute approximate surface area is 176 Å². The number of amides is 2. The van der Waals surface area contributed by atoms with E-state index in [0.29, 0.717) is 39.0 Å². The molecule has 0 unspecified atom stereocenters. The Morgan fingerprint density at radius 1 is 0.793 bits per heavy atom. The third kappa shape index (κ3) is 4.13. The maximum Gasteiger partial charge on any atom is 0.257 e. The minimum absolute atomic E-state index is 0.149. The molecule has 0 fully saturated rings. The molecule has 0 aromatic heterocycles. The second-order valence-corrected chi connectivity index (χ2v) is 6.97. The van der Waals surface area contributed by atoms with Crippen molar-refractivity contribution in [1.82, 2.24) is 0 Å². The molecule has 6 nitrogen and oxygen atoms in total. The maximum atomic E-state index is 12.8. The largest absolute Gasteiger partial charge is 0.454 e. The van der Waals surface area contributed by atoms with Crippen LogP contribution in [0.15, 0.2) is 60.7 Å². The zero-order chi connectivity index (χ0) is 20.4. The summed E-state index contributed by atoms with van der Waals surface area (Å²) in [6.07, 6.45) is 0. The number of benzene rings is 3. The lowest BCUT2D eigenvalue weighted by atomic mass is 10.1. The SMILES string of the molecule is O=C(Nc1ccccc1C(=O)Nc1ccc2c(c1)OCO2)c1ccc(Cl)c(Cl)c1. The Bertz CT molecular complexity index is 1120. The van der Waals surface area contributed by atoms with E-state index >= 15 is 0 Å². The standard InChI is InChI=1S/C21H14Cl2N2O4/c22-15-7-5-12(9-16(15)23)20(26)25-17-4-2-1-3-14(17)21(27)24-13-6-8-18-19(10-13)29-11-28-18/h1-10H,11H2,(H,24,27)(H,25,26). The van der Waals surface area contributed by atoms with Crippen LogP contribution in [0, 0.1) is 0 Å². The molecule has 4 rings (SSSR count). The summed E-state index contributed by atoms with van der Waals surface area (Å²) in [4.78, 5) is 25.3. The Kier molecular flexibility index (Phi) is 5.29. The van der Waals surface area contributed by atoms with E-state index in [0.717, 1.165) is 0 Å². The van der Waals surface area contributed by atoms with Crippen molar-refractivity contribution < 1.29 is 19.1 Å². The van der Waals surface area contributed by atoms with Gasteiger partial charge in [-0.05, 0) is 42.5 Å². The van der Waals surface area contributed by atoms with E-state index in [2.05, 4.69) is 10.6 Å². The molecule has 0 saturated carbocycles. The summed E-state index contributed by atoms with van der Waals surface area (Å²) in [6, 6.07) is 16.4. The van der Waals surface area contributed by atoms with Gasteiger partial charge in [-0.15, -0.1) is 0 Å². The number of carbonyl (C=O) groups is 2. The molecule has 146 valence electrons. The smallest absolute Gasteiger partial charge is 0.257 e. The molecule has 2 amide bonds. The Morgan fingerprint density at radius 3 is 2.41 bits per heavy atom. The number of rotatable bonds is 4. The zero-order valence-electron chi connectivity index (χ0n) is 14.9. The summed E-state index contributed by atoms with van der Waals surface area (Å²) in [6.45, 7) is 0.149. The van der Waals surface area contributed by atoms with Gasteiger partial charge in [0.1, 0.15) is 0 Å². The van der Waals surface area contributed by atoms with Crippen LogP contribution in [-0.4, -0.2) is 18.6 Å². The fourth-order valence-electron chi connectivity index (χ4n) is 2.79. The van der Waals surface area contributed by atoms with Crippen LogP contribution in [-0.2, 0) is 0 Å². The fraction of sp³-hybridized carbons (Fsp3) is 0.0476. The molecule has 8 heteroatoms. The average molecular weight is 429 g/mol. The Hall–Kier alpha value is -3.22. The summed E-state index contributed by atoms with van der Waals surface area (Å²) in [7, 11) is 0. The van der Waals surface area contributed by atoms with Crippen molar-refractivity contribution >= 4 is 46.4 Å². The molecule has 0 bridgehead atoms. The molecule has 0 spiro atoms. The van der Waals surface area contributed by atoms with Crippen molar-refractivity contribution in [2.45, 2.75) is 0 Å². The number of halogens is 2. The first kappa shape index (κ1) is 19.1. The molecule has 2 N–H and O–H groups in total. The molecule has 0 saturated heterocycles. The molecule has 0 radical (unpaired) electrons. The Balaban J connectivity index is 1.53. The van der Waals surface area contributed by atoms with Crippen LogP contribution >= 0.6 is 23.2 Å². The molecule has 3 aromatic carbocycles. The van der Waals surface area contributed by atoms with E-state index in [1.54, 1.807) is 48.5 Å². The van der Waals surface area contributed by atoms with Gasteiger partial charge in [-0.1, -0.05) is 35.3 Å². The van der Waals surface area contributed by atoms with Gasteiger partial charge in [0.05, 0.1) is 21.3 Å². The van der Waals surface area contributed by atoms with Crippen LogP contribution in [0.25, 0.3) is 0 Å². The summed E-state index contributed by atoms with van der Waals surface area (Å²) < 4.78 is 10.6. The number of anilines is 2. The van der Waals surface area contributed by atoms with Crippen molar-refractivity contribution in [2.24, 2.45) is 0 Å². The van der Waals surface area contributed by atoms with Gasteiger partial charge in [-0.3, -0.25) is 9.59 Å². The summed E-state index contributed by atoms with van der Waals surface area (Å²) in [5.74, 6) is 0.391. The molecule has 1 heterocycles. The molecule has 1 aliphatic rings. The third-order valence-corrected chi connectivity index (χ3v) is 4.97. The molecule has 3 aromatic rings. The number of nitrogens with one attached hydrogen (secondary N) is 2. The summed E-state index contributed by atoms with van der Waals surface area (Å²) in [5, 5.41) is 6.15. The van der Waals surface area contributed by atoms with Gasteiger partial charge in [0.25, 0.3) is 11.8 Å². The second-order valence-electron chi connectivity index (χ2n) is 6.15.